The van der Waals surface area contributed by atoms with Crippen LogP contribution in [0, 0.1) is 5.82 Å². The maximum Gasteiger partial charge on any atom is 0.255 e. The Morgan fingerprint density at radius 1 is 1.24 bits per heavy atom. The first-order chi connectivity index (χ1) is 10.0. The Labute approximate surface area is 126 Å². The molecule has 0 aliphatic heterocycles. The van der Waals surface area contributed by atoms with Crippen molar-refractivity contribution in [2.45, 2.75) is 6.54 Å². The van der Waals surface area contributed by atoms with Crippen molar-refractivity contribution in [3.63, 3.8) is 0 Å². The number of amides is 1. The van der Waals surface area contributed by atoms with Crippen LogP contribution in [0.5, 0.6) is 5.75 Å². The van der Waals surface area contributed by atoms with Crippen LogP contribution in [0.4, 0.5) is 10.1 Å². The SMILES string of the molecule is NC(=O)COc1ccc(CNc2ccc(Cl)cc2F)cc1. The number of carbonyl (C=O) groups is 1. The number of nitrogens with two attached hydrogens (primary N) is 1. The number of benzene rings is 2. The minimum absolute atomic E-state index is 0.159. The van der Waals surface area contributed by atoms with Crippen molar-refractivity contribution in [2.24, 2.45) is 5.73 Å². The van der Waals surface area contributed by atoms with Gasteiger partial charge in [0.25, 0.3) is 5.91 Å². The van der Waals surface area contributed by atoms with Crippen LogP contribution in [0.1, 0.15) is 5.56 Å². The summed E-state index contributed by atoms with van der Waals surface area (Å²) in [6, 6.07) is 11.5. The molecule has 0 saturated carbocycles. The fourth-order valence-electron chi connectivity index (χ4n) is 1.69. The Kier molecular flexibility index (Phi) is 5.00. The van der Waals surface area contributed by atoms with E-state index in [1.807, 2.05) is 12.1 Å². The van der Waals surface area contributed by atoms with E-state index in [4.69, 9.17) is 22.1 Å². The molecule has 6 heteroatoms. The molecule has 0 atom stereocenters. The first kappa shape index (κ1) is 15.1. The third kappa shape index (κ3) is 4.65. The quantitative estimate of drug-likeness (QED) is 0.862. The molecule has 0 aromatic heterocycles. The highest BCUT2D eigenvalue weighted by molar-refractivity contribution is 6.30. The van der Waals surface area contributed by atoms with Gasteiger partial charge in [0, 0.05) is 11.6 Å². The van der Waals surface area contributed by atoms with Gasteiger partial charge in [-0.05, 0) is 35.9 Å². The molecular formula is C15H14ClFN2O2. The lowest BCUT2D eigenvalue weighted by Gasteiger charge is -2.09. The van der Waals surface area contributed by atoms with Gasteiger partial charge in [-0.3, -0.25) is 4.79 Å². The van der Waals surface area contributed by atoms with E-state index in [9.17, 15) is 9.18 Å². The van der Waals surface area contributed by atoms with Crippen LogP contribution < -0.4 is 15.8 Å². The standard InChI is InChI=1S/C15H14ClFN2O2/c16-11-3-6-14(13(17)7-11)19-8-10-1-4-12(5-2-10)21-9-15(18)20/h1-7,19H,8-9H2,(H2,18,20). The number of ether oxygens (including phenoxy) is 1. The second kappa shape index (κ2) is 6.95. The van der Waals surface area contributed by atoms with Crippen LogP contribution in [0.2, 0.25) is 5.02 Å². The lowest BCUT2D eigenvalue weighted by atomic mass is 10.2. The molecule has 3 N–H and O–H groups in total. The highest BCUT2D eigenvalue weighted by Gasteiger charge is 2.03. The van der Waals surface area contributed by atoms with Crippen LogP contribution in [0.25, 0.3) is 0 Å². The van der Waals surface area contributed by atoms with E-state index in [0.29, 0.717) is 23.0 Å². The van der Waals surface area contributed by atoms with Gasteiger partial charge >= 0.3 is 0 Å². The molecule has 0 spiro atoms. The lowest BCUT2D eigenvalue weighted by molar-refractivity contribution is -0.119. The Morgan fingerprint density at radius 2 is 1.95 bits per heavy atom. The Hall–Kier alpha value is -2.27. The second-order valence-electron chi connectivity index (χ2n) is 4.38. The molecule has 0 unspecified atom stereocenters. The molecule has 0 saturated heterocycles. The van der Waals surface area contributed by atoms with Crippen molar-refractivity contribution in [3.05, 3.63) is 58.9 Å². The Bertz CT molecular complexity index is 632. The fourth-order valence-corrected chi connectivity index (χ4v) is 1.85. The number of halogens is 2. The number of rotatable bonds is 6. The molecule has 2 aromatic rings. The average Bonchev–Trinajstić information content (AvgIpc) is 2.45. The van der Waals surface area contributed by atoms with E-state index in [1.165, 1.54) is 6.07 Å². The molecule has 0 radical (unpaired) electrons. The van der Waals surface area contributed by atoms with Gasteiger partial charge in [0.05, 0.1) is 5.69 Å². The van der Waals surface area contributed by atoms with Gasteiger partial charge in [0.1, 0.15) is 11.6 Å². The van der Waals surface area contributed by atoms with Crippen molar-refractivity contribution in [2.75, 3.05) is 11.9 Å². The topological polar surface area (TPSA) is 64.4 Å². The highest BCUT2D eigenvalue weighted by Crippen LogP contribution is 2.20. The summed E-state index contributed by atoms with van der Waals surface area (Å²) in [5, 5.41) is 3.33. The molecule has 110 valence electrons. The molecule has 1 amide bonds. The van der Waals surface area contributed by atoms with E-state index in [0.717, 1.165) is 5.56 Å². The van der Waals surface area contributed by atoms with E-state index < -0.39 is 11.7 Å². The number of hydrogen-bond donors (Lipinski definition) is 2. The molecule has 0 bridgehead atoms. The maximum absolute atomic E-state index is 13.6. The van der Waals surface area contributed by atoms with Crippen LogP contribution in [-0.4, -0.2) is 12.5 Å². The van der Waals surface area contributed by atoms with Gasteiger partial charge in [-0.1, -0.05) is 23.7 Å². The number of anilines is 1. The van der Waals surface area contributed by atoms with Crippen molar-refractivity contribution in [1.82, 2.24) is 0 Å². The third-order valence-electron chi connectivity index (χ3n) is 2.72. The third-order valence-corrected chi connectivity index (χ3v) is 2.95. The molecule has 4 nitrogen and oxygen atoms in total. The predicted octanol–water partition coefficient (Wildman–Crippen LogP) is 2.96. The minimum Gasteiger partial charge on any atom is -0.484 e. The van der Waals surface area contributed by atoms with Gasteiger partial charge in [0.15, 0.2) is 6.61 Å². The van der Waals surface area contributed by atoms with Crippen molar-refractivity contribution < 1.29 is 13.9 Å². The van der Waals surface area contributed by atoms with Gasteiger partial charge in [-0.15, -0.1) is 0 Å². The summed E-state index contributed by atoms with van der Waals surface area (Å²) in [6.45, 7) is 0.294. The number of nitrogens with one attached hydrogen (secondary N) is 1. The summed E-state index contributed by atoms with van der Waals surface area (Å²) in [4.78, 5) is 10.6. The predicted molar refractivity (Wildman–Crippen MR) is 79.9 cm³/mol. The molecule has 0 fully saturated rings. The highest BCUT2D eigenvalue weighted by atomic mass is 35.5. The second-order valence-corrected chi connectivity index (χ2v) is 4.81. The summed E-state index contributed by atoms with van der Waals surface area (Å²) < 4.78 is 18.7. The van der Waals surface area contributed by atoms with Crippen LogP contribution in [0.15, 0.2) is 42.5 Å². The number of carbonyl (C=O) groups excluding carboxylic acids is 1. The lowest BCUT2D eigenvalue weighted by Crippen LogP contribution is -2.19. The summed E-state index contributed by atoms with van der Waals surface area (Å²) >= 11 is 5.69. The average molecular weight is 309 g/mol. The van der Waals surface area contributed by atoms with Crippen molar-refractivity contribution in [1.29, 1.82) is 0 Å². The molecule has 0 aliphatic carbocycles. The zero-order valence-electron chi connectivity index (χ0n) is 11.1. The van der Waals surface area contributed by atoms with E-state index >= 15 is 0 Å². The van der Waals surface area contributed by atoms with E-state index in [-0.39, 0.29) is 6.61 Å². The molecule has 0 aliphatic rings. The van der Waals surface area contributed by atoms with E-state index in [2.05, 4.69) is 5.32 Å². The summed E-state index contributed by atoms with van der Waals surface area (Å²) in [5.74, 6) is -0.377. The first-order valence-electron chi connectivity index (χ1n) is 6.23. The zero-order chi connectivity index (χ0) is 15.2. The van der Waals surface area contributed by atoms with Crippen molar-refractivity contribution >= 4 is 23.2 Å². The summed E-state index contributed by atoms with van der Waals surface area (Å²) in [7, 11) is 0. The molecule has 2 rings (SSSR count). The van der Waals surface area contributed by atoms with Gasteiger partial charge in [0.2, 0.25) is 0 Å². The molecular weight excluding hydrogens is 295 g/mol. The Morgan fingerprint density at radius 3 is 2.57 bits per heavy atom. The summed E-state index contributed by atoms with van der Waals surface area (Å²) in [6.07, 6.45) is 0. The largest absolute Gasteiger partial charge is 0.484 e. The monoisotopic (exact) mass is 308 g/mol. The maximum atomic E-state index is 13.6. The number of primary amides is 1. The first-order valence-corrected chi connectivity index (χ1v) is 6.61. The minimum atomic E-state index is -0.529. The molecule has 0 heterocycles. The van der Waals surface area contributed by atoms with Crippen LogP contribution in [0.3, 0.4) is 0 Å². The fraction of sp³-hybridized carbons (Fsp3) is 0.133. The molecule has 21 heavy (non-hydrogen) atoms. The van der Waals surface area contributed by atoms with E-state index in [1.54, 1.807) is 24.3 Å². The van der Waals surface area contributed by atoms with Gasteiger partial charge in [-0.25, -0.2) is 4.39 Å². The zero-order valence-corrected chi connectivity index (χ0v) is 11.9. The van der Waals surface area contributed by atoms with Gasteiger partial charge < -0.3 is 15.8 Å². The van der Waals surface area contributed by atoms with Gasteiger partial charge in [-0.2, -0.15) is 0 Å². The van der Waals surface area contributed by atoms with Crippen LogP contribution >= 0.6 is 11.6 Å². The Balaban J connectivity index is 1.92. The normalized spacial score (nSPS) is 10.2. The smallest absolute Gasteiger partial charge is 0.255 e. The summed E-state index contributed by atoms with van der Waals surface area (Å²) in [5.41, 5.74) is 6.31. The van der Waals surface area contributed by atoms with Crippen molar-refractivity contribution in [3.8, 4) is 5.75 Å². The number of hydrogen-bond acceptors (Lipinski definition) is 3. The van der Waals surface area contributed by atoms with Crippen LogP contribution in [-0.2, 0) is 11.3 Å². The molecule has 2 aromatic carbocycles.